The van der Waals surface area contributed by atoms with Gasteiger partial charge >= 0.3 is 0 Å². The van der Waals surface area contributed by atoms with Gasteiger partial charge in [-0.25, -0.2) is 0 Å². The summed E-state index contributed by atoms with van der Waals surface area (Å²) in [6.07, 6.45) is 1.27. The van der Waals surface area contributed by atoms with Crippen molar-refractivity contribution in [1.82, 2.24) is 0 Å². The molecule has 178 valence electrons. The molecule has 1 spiro atoms. The lowest BCUT2D eigenvalue weighted by molar-refractivity contribution is -0.0414. The van der Waals surface area contributed by atoms with E-state index in [2.05, 4.69) is 132 Å². The molecule has 0 bridgehead atoms. The second kappa shape index (κ2) is 8.30. The van der Waals surface area contributed by atoms with Gasteiger partial charge in [-0.2, -0.15) is 0 Å². The molecule has 1 saturated heterocycles. The van der Waals surface area contributed by atoms with E-state index >= 15 is 0 Å². The van der Waals surface area contributed by atoms with Crippen LogP contribution >= 0.6 is 0 Å². The molecule has 0 aromatic heterocycles. The normalized spacial score (nSPS) is 26.8. The molecule has 1 aliphatic heterocycles. The summed E-state index contributed by atoms with van der Waals surface area (Å²) < 4.78 is 14.1. The predicted molar refractivity (Wildman–Crippen MR) is 147 cm³/mol. The zero-order valence-electron chi connectivity index (χ0n) is 21.4. The molecule has 2 nitrogen and oxygen atoms in total. The molecule has 1 saturated carbocycles. The molecular formula is C30H38O2Si2. The molecule has 0 N–H and O–H groups in total. The third kappa shape index (κ3) is 3.50. The van der Waals surface area contributed by atoms with Crippen molar-refractivity contribution in [1.29, 1.82) is 0 Å². The topological polar surface area (TPSA) is 21.8 Å². The third-order valence-corrected chi connectivity index (χ3v) is 18.4. The number of epoxide rings is 1. The van der Waals surface area contributed by atoms with Crippen LogP contribution in [-0.4, -0.2) is 33.8 Å². The molecule has 4 atom stereocenters. The van der Waals surface area contributed by atoms with Gasteiger partial charge in [-0.05, 0) is 46.0 Å². The number of hydrogen-bond donors (Lipinski definition) is 0. The second-order valence-corrected chi connectivity index (χ2v) is 20.4. The lowest BCUT2D eigenvalue weighted by Crippen LogP contribution is -2.74. The molecule has 0 amide bonds. The van der Waals surface area contributed by atoms with Crippen LogP contribution in [0.4, 0.5) is 0 Å². The summed E-state index contributed by atoms with van der Waals surface area (Å²) in [6.45, 7) is 14.1. The van der Waals surface area contributed by atoms with Gasteiger partial charge in [0.2, 0.25) is 0 Å². The Morgan fingerprint density at radius 2 is 1.18 bits per heavy atom. The van der Waals surface area contributed by atoms with E-state index in [1.807, 2.05) is 0 Å². The SMILES string of the molecule is C[C@H]1C[C@@H](O[Si](C)(C)C(C)(C)C)[C@@]12O[C@@H]2[Si](c1ccccc1)(c1ccccc1)c1ccccc1. The van der Waals surface area contributed by atoms with Crippen LogP contribution in [0.1, 0.15) is 34.1 Å². The van der Waals surface area contributed by atoms with Crippen molar-refractivity contribution in [2.24, 2.45) is 5.92 Å². The lowest BCUT2D eigenvalue weighted by Gasteiger charge is -2.49. The Labute approximate surface area is 207 Å². The standard InChI is InChI=1S/C30H38O2Si2/c1-23-22-27(32-33(5,6)29(2,3)4)30(23)28(31-30)34(24-16-10-7-11-17-24,25-18-12-8-13-19-25)26-20-14-9-15-21-26/h7-21,23,27-28H,22H2,1-6H3/t23-,27+,28+,30-/m0/s1. The first-order valence-electron chi connectivity index (χ1n) is 12.7. The maximum Gasteiger partial charge on any atom is 0.192 e. The Bertz CT molecular complexity index is 1030. The van der Waals surface area contributed by atoms with Crippen LogP contribution < -0.4 is 15.6 Å². The van der Waals surface area contributed by atoms with Gasteiger partial charge in [-0.3, -0.25) is 0 Å². The van der Waals surface area contributed by atoms with E-state index < -0.39 is 16.4 Å². The van der Waals surface area contributed by atoms with E-state index in [1.54, 1.807) is 0 Å². The maximum absolute atomic E-state index is 7.06. The van der Waals surface area contributed by atoms with Gasteiger partial charge in [0.15, 0.2) is 16.4 Å². The Morgan fingerprint density at radius 1 is 0.765 bits per heavy atom. The van der Waals surface area contributed by atoms with Gasteiger partial charge in [0, 0.05) is 0 Å². The van der Waals surface area contributed by atoms with Crippen molar-refractivity contribution >= 4 is 32.0 Å². The molecule has 34 heavy (non-hydrogen) atoms. The molecule has 3 aromatic carbocycles. The van der Waals surface area contributed by atoms with E-state index in [9.17, 15) is 0 Å². The largest absolute Gasteiger partial charge is 0.411 e. The summed E-state index contributed by atoms with van der Waals surface area (Å²) in [5.41, 5.74) is -0.0331. The fourth-order valence-electron chi connectivity index (χ4n) is 5.79. The quantitative estimate of drug-likeness (QED) is 0.269. The first-order chi connectivity index (χ1) is 16.1. The van der Waals surface area contributed by atoms with Crippen LogP contribution in [0.2, 0.25) is 18.1 Å². The minimum atomic E-state index is -2.49. The number of ether oxygens (including phenoxy) is 1. The number of rotatable bonds is 6. The summed E-state index contributed by atoms with van der Waals surface area (Å²) in [4.78, 5) is 0. The molecule has 0 radical (unpaired) electrons. The molecule has 2 fully saturated rings. The lowest BCUT2D eigenvalue weighted by atomic mass is 9.72. The van der Waals surface area contributed by atoms with Crippen molar-refractivity contribution in [2.75, 3.05) is 0 Å². The number of benzene rings is 3. The third-order valence-electron chi connectivity index (χ3n) is 8.84. The van der Waals surface area contributed by atoms with Crippen molar-refractivity contribution in [2.45, 2.75) is 69.7 Å². The summed E-state index contributed by atoms with van der Waals surface area (Å²) in [6, 6.07) is 33.5. The highest BCUT2D eigenvalue weighted by Crippen LogP contribution is 2.61. The average molecular weight is 487 g/mol. The molecular weight excluding hydrogens is 449 g/mol. The van der Waals surface area contributed by atoms with Gasteiger partial charge in [0.25, 0.3) is 0 Å². The molecule has 4 heteroatoms. The number of hydrogen-bond acceptors (Lipinski definition) is 2. The smallest absolute Gasteiger partial charge is 0.192 e. The van der Waals surface area contributed by atoms with E-state index in [4.69, 9.17) is 9.16 Å². The van der Waals surface area contributed by atoms with E-state index in [0.717, 1.165) is 6.42 Å². The average Bonchev–Trinajstić information content (AvgIpc) is 3.60. The van der Waals surface area contributed by atoms with E-state index in [-0.39, 0.29) is 22.5 Å². The predicted octanol–water partition coefficient (Wildman–Crippen LogP) is 5.26. The van der Waals surface area contributed by atoms with Crippen LogP contribution in [-0.2, 0) is 9.16 Å². The maximum atomic E-state index is 7.06. The Morgan fingerprint density at radius 3 is 1.53 bits per heavy atom. The second-order valence-electron chi connectivity index (χ2n) is 11.8. The summed E-state index contributed by atoms with van der Waals surface area (Å²) >= 11 is 0. The Kier molecular flexibility index (Phi) is 5.80. The molecule has 5 rings (SSSR count). The van der Waals surface area contributed by atoms with Crippen molar-refractivity contribution < 1.29 is 9.16 Å². The zero-order chi connectivity index (χ0) is 24.2. The Hall–Kier alpha value is -1.99. The van der Waals surface area contributed by atoms with Gasteiger partial charge in [0.1, 0.15) is 5.60 Å². The van der Waals surface area contributed by atoms with Gasteiger partial charge in [-0.15, -0.1) is 0 Å². The molecule has 1 aliphatic carbocycles. The Balaban J connectivity index is 1.66. The molecule has 1 heterocycles. The van der Waals surface area contributed by atoms with Crippen LogP contribution in [0.25, 0.3) is 0 Å². The fraction of sp³-hybridized carbons (Fsp3) is 0.400. The summed E-state index contributed by atoms with van der Waals surface area (Å²) in [5.74, 6) is 0.496. The monoisotopic (exact) mass is 486 g/mol. The van der Waals surface area contributed by atoms with Crippen LogP contribution in [0.3, 0.4) is 0 Å². The van der Waals surface area contributed by atoms with E-state index in [0.29, 0.717) is 5.92 Å². The van der Waals surface area contributed by atoms with E-state index in [1.165, 1.54) is 15.6 Å². The summed E-state index contributed by atoms with van der Waals surface area (Å²) in [7, 11) is -4.39. The first-order valence-corrected chi connectivity index (χ1v) is 17.6. The minimum absolute atomic E-state index is 0.158. The van der Waals surface area contributed by atoms with Crippen LogP contribution in [0, 0.1) is 5.92 Å². The molecule has 3 aromatic rings. The van der Waals surface area contributed by atoms with Gasteiger partial charge in [-0.1, -0.05) is 119 Å². The first kappa shape index (κ1) is 23.7. The zero-order valence-corrected chi connectivity index (χ0v) is 23.4. The van der Waals surface area contributed by atoms with Gasteiger partial charge < -0.3 is 9.16 Å². The van der Waals surface area contributed by atoms with Crippen LogP contribution in [0.5, 0.6) is 0 Å². The fourth-order valence-corrected chi connectivity index (χ4v) is 12.7. The highest BCUT2D eigenvalue weighted by Gasteiger charge is 2.78. The molecule has 0 unspecified atom stereocenters. The van der Waals surface area contributed by atoms with Crippen LogP contribution in [0.15, 0.2) is 91.0 Å². The van der Waals surface area contributed by atoms with Gasteiger partial charge in [0.05, 0.1) is 11.8 Å². The highest BCUT2D eigenvalue weighted by atomic mass is 28.4. The highest BCUT2D eigenvalue weighted by molar-refractivity contribution is 7.13. The van der Waals surface area contributed by atoms with Crippen molar-refractivity contribution in [3.05, 3.63) is 91.0 Å². The molecule has 2 aliphatic rings. The van der Waals surface area contributed by atoms with Crippen molar-refractivity contribution in [3.8, 4) is 0 Å². The summed E-state index contributed by atoms with van der Waals surface area (Å²) in [5, 5.41) is 4.43. The van der Waals surface area contributed by atoms with Crippen molar-refractivity contribution in [3.63, 3.8) is 0 Å². The minimum Gasteiger partial charge on any atom is -0.411 e.